The smallest absolute Gasteiger partial charge is 0.462 e. The topological polar surface area (TPSA) is 237 Å². The third-order valence-electron chi connectivity index (χ3n) is 16.1. The first-order valence-electron chi connectivity index (χ1n) is 36.3. The molecule has 0 spiro atoms. The predicted octanol–water partition coefficient (Wildman–Crippen LogP) is 19.8. The summed E-state index contributed by atoms with van der Waals surface area (Å²) >= 11 is 0. The number of unbranched alkanes of at least 4 members (excludes halogenated alkanes) is 36. The zero-order chi connectivity index (χ0) is 65.9. The van der Waals surface area contributed by atoms with Gasteiger partial charge in [-0.25, -0.2) is 9.13 Å². The largest absolute Gasteiger partial charge is 0.472 e. The molecule has 528 valence electrons. The zero-order valence-corrected chi connectivity index (χ0v) is 59.7. The lowest BCUT2D eigenvalue weighted by Gasteiger charge is -2.21. The van der Waals surface area contributed by atoms with Crippen molar-refractivity contribution in [1.82, 2.24) is 0 Å². The predicted molar refractivity (Wildman–Crippen MR) is 358 cm³/mol. The van der Waals surface area contributed by atoms with Crippen LogP contribution in [0.1, 0.15) is 350 Å². The molecule has 19 heteroatoms. The number of phosphoric acid groups is 2. The van der Waals surface area contributed by atoms with E-state index >= 15 is 0 Å². The molecule has 0 saturated heterocycles. The lowest BCUT2D eigenvalue weighted by atomic mass is 10.0. The maximum absolute atomic E-state index is 13.0. The van der Waals surface area contributed by atoms with Gasteiger partial charge in [0, 0.05) is 25.7 Å². The van der Waals surface area contributed by atoms with E-state index in [1.54, 1.807) is 0 Å². The lowest BCUT2D eigenvalue weighted by Crippen LogP contribution is -2.30. The number of carbonyl (C=O) groups is 4. The molecule has 0 aliphatic rings. The molecule has 0 radical (unpaired) electrons. The van der Waals surface area contributed by atoms with E-state index in [4.69, 9.17) is 37.0 Å². The van der Waals surface area contributed by atoms with Crippen LogP contribution in [0.3, 0.4) is 0 Å². The third-order valence-corrected chi connectivity index (χ3v) is 18.0. The standard InChI is InChI=1S/C70H136O17P2/c1-8-9-10-11-12-20-30-37-44-51-67(72)80-57-66(87-70(75)54-47-40-33-26-25-29-36-43-50-63(6)7)60-85-89(78,79)83-56-64(71)55-82-88(76,77)84-59-65(58-81-68(73)52-45-38-31-24-19-22-28-35-42-49-62(4)5)86-69(74)53-46-39-32-23-18-16-14-13-15-17-21-27-34-41-48-61(2)3/h61-66,71H,8-60H2,1-7H3,(H,76,77)(H,78,79)/t64-,65-,66-/m1/s1. The van der Waals surface area contributed by atoms with E-state index < -0.39 is 97.5 Å². The number of esters is 4. The number of aliphatic hydroxyl groups excluding tert-OH is 1. The molecule has 0 heterocycles. The van der Waals surface area contributed by atoms with Gasteiger partial charge in [-0.15, -0.1) is 0 Å². The van der Waals surface area contributed by atoms with Gasteiger partial charge in [0.05, 0.1) is 26.4 Å². The molecule has 0 aromatic heterocycles. The van der Waals surface area contributed by atoms with Crippen molar-refractivity contribution in [3.8, 4) is 0 Å². The molecule has 2 unspecified atom stereocenters. The normalized spacial score (nSPS) is 14.2. The van der Waals surface area contributed by atoms with E-state index in [1.807, 2.05) is 0 Å². The average Bonchev–Trinajstić information content (AvgIpc) is 3.70. The van der Waals surface area contributed by atoms with E-state index in [0.717, 1.165) is 108 Å². The Hall–Kier alpha value is -1.94. The van der Waals surface area contributed by atoms with Gasteiger partial charge < -0.3 is 33.8 Å². The lowest BCUT2D eigenvalue weighted by molar-refractivity contribution is -0.161. The van der Waals surface area contributed by atoms with Crippen LogP contribution in [0.25, 0.3) is 0 Å². The first-order chi connectivity index (χ1) is 42.7. The van der Waals surface area contributed by atoms with Crippen LogP contribution in [-0.4, -0.2) is 96.7 Å². The fraction of sp³-hybridized carbons (Fsp3) is 0.943. The fourth-order valence-corrected chi connectivity index (χ4v) is 12.1. The Bertz CT molecular complexity index is 1750. The van der Waals surface area contributed by atoms with E-state index in [1.165, 1.54) is 161 Å². The minimum atomic E-state index is -4.95. The molecule has 0 amide bonds. The summed E-state index contributed by atoms with van der Waals surface area (Å²) in [6.45, 7) is 11.8. The number of ether oxygens (including phenoxy) is 4. The monoisotopic (exact) mass is 1310 g/mol. The van der Waals surface area contributed by atoms with Crippen LogP contribution < -0.4 is 0 Å². The first-order valence-corrected chi connectivity index (χ1v) is 39.3. The number of aliphatic hydroxyl groups is 1. The van der Waals surface area contributed by atoms with Crippen LogP contribution in [-0.2, 0) is 65.4 Å². The summed E-state index contributed by atoms with van der Waals surface area (Å²) < 4.78 is 68.2. The Morgan fingerprint density at radius 3 is 0.764 bits per heavy atom. The van der Waals surface area contributed by atoms with Crippen molar-refractivity contribution < 1.29 is 80.2 Å². The maximum Gasteiger partial charge on any atom is 0.472 e. The minimum absolute atomic E-state index is 0.104. The number of hydrogen-bond donors (Lipinski definition) is 3. The van der Waals surface area contributed by atoms with Crippen LogP contribution in [0, 0.1) is 17.8 Å². The second kappa shape index (κ2) is 61.0. The fourth-order valence-electron chi connectivity index (χ4n) is 10.5. The van der Waals surface area contributed by atoms with Crippen LogP contribution in [0.15, 0.2) is 0 Å². The van der Waals surface area contributed by atoms with E-state index in [-0.39, 0.29) is 25.7 Å². The highest BCUT2D eigenvalue weighted by atomic mass is 31.2. The van der Waals surface area contributed by atoms with Gasteiger partial charge in [-0.1, -0.05) is 299 Å². The van der Waals surface area contributed by atoms with Gasteiger partial charge in [0.2, 0.25) is 0 Å². The average molecular weight is 1310 g/mol. The van der Waals surface area contributed by atoms with Crippen LogP contribution in [0.5, 0.6) is 0 Å². The summed E-state index contributed by atoms with van der Waals surface area (Å²) in [6, 6.07) is 0. The summed E-state index contributed by atoms with van der Waals surface area (Å²) in [7, 11) is -9.90. The second-order valence-electron chi connectivity index (χ2n) is 26.7. The number of carbonyl (C=O) groups excluding carboxylic acids is 4. The third kappa shape index (κ3) is 64.6. The van der Waals surface area contributed by atoms with E-state index in [9.17, 15) is 43.2 Å². The zero-order valence-electron chi connectivity index (χ0n) is 57.9. The summed E-state index contributed by atoms with van der Waals surface area (Å²) in [6.07, 6.45) is 44.5. The maximum atomic E-state index is 13.0. The van der Waals surface area contributed by atoms with Crippen LogP contribution in [0.4, 0.5) is 0 Å². The quantitative estimate of drug-likeness (QED) is 0.0222. The van der Waals surface area contributed by atoms with Gasteiger partial charge in [0.1, 0.15) is 19.3 Å². The molecule has 3 N–H and O–H groups in total. The van der Waals surface area contributed by atoms with Crippen LogP contribution >= 0.6 is 15.6 Å². The number of phosphoric ester groups is 2. The van der Waals surface area contributed by atoms with Crippen molar-refractivity contribution in [2.24, 2.45) is 17.8 Å². The van der Waals surface area contributed by atoms with Crippen molar-refractivity contribution in [2.45, 2.75) is 369 Å². The summed E-state index contributed by atoms with van der Waals surface area (Å²) in [5.74, 6) is 0.129. The van der Waals surface area contributed by atoms with Gasteiger partial charge >= 0.3 is 39.5 Å². The Morgan fingerprint density at radius 2 is 0.517 bits per heavy atom. The van der Waals surface area contributed by atoms with E-state index in [2.05, 4.69) is 48.5 Å². The highest BCUT2D eigenvalue weighted by Gasteiger charge is 2.30. The number of hydrogen-bond acceptors (Lipinski definition) is 15. The molecule has 0 rings (SSSR count). The van der Waals surface area contributed by atoms with Crippen molar-refractivity contribution in [3.05, 3.63) is 0 Å². The molecule has 0 bridgehead atoms. The number of rotatable bonds is 68. The Labute approximate surface area is 543 Å². The molecule has 0 aromatic carbocycles. The summed E-state index contributed by atoms with van der Waals surface area (Å²) in [5.41, 5.74) is 0. The van der Waals surface area contributed by atoms with Crippen LogP contribution in [0.2, 0.25) is 0 Å². The summed E-state index contributed by atoms with van der Waals surface area (Å²) in [4.78, 5) is 72.5. The molecule has 5 atom stereocenters. The molecule has 89 heavy (non-hydrogen) atoms. The molecular weight excluding hydrogens is 1170 g/mol. The SMILES string of the molecule is CCCCCCCCCCCC(=O)OC[C@H](COP(=O)(O)OC[C@H](O)COP(=O)(O)OC[C@@H](COC(=O)CCCCCCCCCCCC(C)C)OC(=O)CCCCCCCCCCCCCCCCC(C)C)OC(=O)CCCCCCCCCCC(C)C. The van der Waals surface area contributed by atoms with Crippen molar-refractivity contribution in [1.29, 1.82) is 0 Å². The minimum Gasteiger partial charge on any atom is -0.462 e. The van der Waals surface area contributed by atoms with Gasteiger partial charge in [0.25, 0.3) is 0 Å². The molecule has 0 aromatic rings. The Kier molecular flexibility index (Phi) is 59.6. The van der Waals surface area contributed by atoms with Gasteiger partial charge in [-0.05, 0) is 43.4 Å². The molecule has 0 aliphatic heterocycles. The highest BCUT2D eigenvalue weighted by molar-refractivity contribution is 7.47. The van der Waals surface area contributed by atoms with Crippen molar-refractivity contribution in [2.75, 3.05) is 39.6 Å². The van der Waals surface area contributed by atoms with Gasteiger partial charge in [-0.3, -0.25) is 37.3 Å². The Morgan fingerprint density at radius 1 is 0.303 bits per heavy atom. The van der Waals surface area contributed by atoms with Crippen molar-refractivity contribution in [3.63, 3.8) is 0 Å². The van der Waals surface area contributed by atoms with Crippen molar-refractivity contribution >= 4 is 39.5 Å². The van der Waals surface area contributed by atoms with Gasteiger partial charge in [-0.2, -0.15) is 0 Å². The summed E-state index contributed by atoms with van der Waals surface area (Å²) in [5, 5.41) is 10.6. The Balaban J connectivity index is 5.23. The van der Waals surface area contributed by atoms with E-state index in [0.29, 0.717) is 25.7 Å². The first kappa shape index (κ1) is 87.1. The second-order valence-corrected chi connectivity index (χ2v) is 29.6. The molecule has 17 nitrogen and oxygen atoms in total. The highest BCUT2D eigenvalue weighted by Crippen LogP contribution is 2.45. The molecule has 0 fully saturated rings. The molecular formula is C70H136O17P2. The molecule has 0 saturated carbocycles. The molecule has 0 aliphatic carbocycles. The van der Waals surface area contributed by atoms with Gasteiger partial charge in [0.15, 0.2) is 12.2 Å².